The molecular weight excluding hydrogens is 754 g/mol. The van der Waals surface area contributed by atoms with Crippen LogP contribution < -0.4 is 0 Å². The standard InChI is InChI=1S/C10F20I2/c11-1(12,3(15,16)5(19,20)7(23,24)9(26,27)28)2(13,14)4(17,18)6(21,22)8(25,31)10(29,30)32. The second kappa shape index (κ2) is 7.78. The summed E-state index contributed by atoms with van der Waals surface area (Å²) in [7, 11) is 0. The van der Waals surface area contributed by atoms with Gasteiger partial charge in [0, 0.05) is 22.6 Å². The highest BCUT2D eigenvalue weighted by Gasteiger charge is 2.97. The van der Waals surface area contributed by atoms with Crippen LogP contribution in [0.15, 0.2) is 0 Å². The third-order valence-electron chi connectivity index (χ3n) is 3.47. The second-order valence-electron chi connectivity index (χ2n) is 5.59. The van der Waals surface area contributed by atoms with Gasteiger partial charge < -0.3 is 0 Å². The van der Waals surface area contributed by atoms with Gasteiger partial charge in [0.2, 0.25) is 0 Å². The summed E-state index contributed by atoms with van der Waals surface area (Å²) in [6, 6.07) is 0. The third kappa shape index (κ3) is 3.86. The first kappa shape index (κ1) is 32.1. The predicted octanol–water partition coefficient (Wildman–Crippen LogP) is 8.12. The Kier molecular flexibility index (Phi) is 7.80. The Morgan fingerprint density at radius 1 is 0.281 bits per heavy atom. The number of alkyl halides is 22. The third-order valence-corrected chi connectivity index (χ3v) is 6.60. The molecule has 0 aromatic carbocycles. The second-order valence-corrected chi connectivity index (χ2v) is 8.43. The van der Waals surface area contributed by atoms with E-state index < -0.39 is 100 Å². The first-order chi connectivity index (χ1) is 13.2. The van der Waals surface area contributed by atoms with Crippen LogP contribution in [0.2, 0.25) is 0 Å². The van der Waals surface area contributed by atoms with Crippen LogP contribution in [0.5, 0.6) is 0 Å². The summed E-state index contributed by atoms with van der Waals surface area (Å²) in [6.45, 7) is 0. The van der Waals surface area contributed by atoms with E-state index in [-0.39, 0.29) is 0 Å². The van der Waals surface area contributed by atoms with E-state index in [1.165, 1.54) is 0 Å². The average Bonchev–Trinajstić information content (AvgIpc) is 2.51. The van der Waals surface area contributed by atoms with Crippen LogP contribution in [0.1, 0.15) is 0 Å². The van der Waals surface area contributed by atoms with Crippen molar-refractivity contribution in [2.75, 3.05) is 0 Å². The highest BCUT2D eigenvalue weighted by Crippen LogP contribution is 2.67. The highest BCUT2D eigenvalue weighted by molar-refractivity contribution is 14.1. The topological polar surface area (TPSA) is 0 Å². The van der Waals surface area contributed by atoms with Gasteiger partial charge in [-0.05, 0) is 22.6 Å². The Morgan fingerprint density at radius 3 is 0.656 bits per heavy atom. The van der Waals surface area contributed by atoms with Gasteiger partial charge in [-0.2, -0.15) is 83.4 Å². The fraction of sp³-hybridized carbons (Fsp3) is 1.00. The van der Waals surface area contributed by atoms with Crippen molar-refractivity contribution >= 4 is 45.2 Å². The lowest BCUT2D eigenvalue weighted by molar-refractivity contribution is -0.464. The summed E-state index contributed by atoms with van der Waals surface area (Å²) >= 11 is -1.83. The van der Waals surface area contributed by atoms with Crippen LogP contribution in [0, 0.1) is 0 Å². The summed E-state index contributed by atoms with van der Waals surface area (Å²) in [6.07, 6.45) is -7.92. The van der Waals surface area contributed by atoms with E-state index in [1.54, 1.807) is 0 Å². The van der Waals surface area contributed by atoms with Gasteiger partial charge in [0.05, 0.1) is 0 Å². The molecule has 0 amide bonds. The maximum Gasteiger partial charge on any atom is 0.460 e. The Bertz CT molecular complexity index is 636. The molecule has 1 unspecified atom stereocenters. The Morgan fingerprint density at radius 2 is 0.469 bits per heavy atom. The van der Waals surface area contributed by atoms with E-state index in [2.05, 4.69) is 0 Å². The van der Waals surface area contributed by atoms with Crippen LogP contribution in [0.25, 0.3) is 0 Å². The van der Waals surface area contributed by atoms with Gasteiger partial charge in [-0.1, -0.05) is 0 Å². The summed E-state index contributed by atoms with van der Waals surface area (Å²) in [5.74, 6) is -60.2. The summed E-state index contributed by atoms with van der Waals surface area (Å²) < 4.78 is 247. The van der Waals surface area contributed by atoms with Crippen LogP contribution in [-0.2, 0) is 0 Å². The zero-order valence-corrected chi connectivity index (χ0v) is 17.6. The van der Waals surface area contributed by atoms with Gasteiger partial charge in [0.25, 0.3) is 0 Å². The molecule has 0 fully saturated rings. The van der Waals surface area contributed by atoms with Crippen LogP contribution in [0.4, 0.5) is 87.8 Å². The van der Waals surface area contributed by atoms with Crippen molar-refractivity contribution in [2.24, 2.45) is 0 Å². The van der Waals surface area contributed by atoms with Gasteiger partial charge in [-0.3, -0.25) is 0 Å². The van der Waals surface area contributed by atoms with E-state index in [9.17, 15) is 87.8 Å². The van der Waals surface area contributed by atoms with Crippen molar-refractivity contribution in [1.29, 1.82) is 0 Å². The lowest BCUT2D eigenvalue weighted by Gasteiger charge is -2.44. The molecule has 0 nitrogen and oxygen atoms in total. The zero-order chi connectivity index (χ0) is 27.0. The van der Waals surface area contributed by atoms with Gasteiger partial charge in [-0.15, -0.1) is 0 Å². The van der Waals surface area contributed by atoms with Crippen molar-refractivity contribution in [1.82, 2.24) is 0 Å². The van der Waals surface area contributed by atoms with Crippen LogP contribution in [-0.4, -0.2) is 55.2 Å². The van der Waals surface area contributed by atoms with Crippen molar-refractivity contribution in [3.8, 4) is 0 Å². The number of hydrogen-bond acceptors (Lipinski definition) is 0. The molecule has 1 atom stereocenters. The quantitative estimate of drug-likeness (QED) is 0.134. The summed E-state index contributed by atoms with van der Waals surface area (Å²) in [4.78, 5) is 0. The lowest BCUT2D eigenvalue weighted by Crippen LogP contribution is -2.76. The van der Waals surface area contributed by atoms with E-state index in [1.807, 2.05) is 0 Å². The molecule has 22 heteroatoms. The van der Waals surface area contributed by atoms with Gasteiger partial charge in [-0.25, -0.2) is 4.39 Å². The minimum absolute atomic E-state index is 0.772. The van der Waals surface area contributed by atoms with Gasteiger partial charge >= 0.3 is 55.2 Å². The maximum atomic E-state index is 13.5. The Labute approximate surface area is 188 Å². The summed E-state index contributed by atoms with van der Waals surface area (Å²) in [5.41, 5.74) is 0. The number of hydrogen-bond donors (Lipinski definition) is 0. The molecule has 0 bridgehead atoms. The first-order valence-corrected chi connectivity index (χ1v) is 8.57. The fourth-order valence-corrected chi connectivity index (χ4v) is 2.22. The monoisotopic (exact) mass is 754 g/mol. The summed E-state index contributed by atoms with van der Waals surface area (Å²) in [5, 5.41) is 0. The van der Waals surface area contributed by atoms with Crippen LogP contribution in [0.3, 0.4) is 0 Å². The smallest absolute Gasteiger partial charge is 0.217 e. The van der Waals surface area contributed by atoms with Gasteiger partial charge in [0.1, 0.15) is 0 Å². The minimum Gasteiger partial charge on any atom is -0.217 e. The first-order valence-electron chi connectivity index (χ1n) is 6.41. The highest BCUT2D eigenvalue weighted by atomic mass is 127. The normalized spacial score (nSPS) is 18.6. The van der Waals surface area contributed by atoms with E-state index >= 15 is 0 Å². The molecule has 0 aromatic heterocycles. The molecule has 0 N–H and O–H groups in total. The lowest BCUT2D eigenvalue weighted by atomic mass is 9.88. The van der Waals surface area contributed by atoms with Crippen molar-refractivity contribution in [2.45, 2.75) is 55.2 Å². The minimum atomic E-state index is -8.96. The fourth-order valence-electron chi connectivity index (χ4n) is 1.54. The van der Waals surface area contributed by atoms with Crippen molar-refractivity contribution in [3.05, 3.63) is 0 Å². The molecule has 0 aliphatic rings. The predicted molar refractivity (Wildman–Crippen MR) is 77.5 cm³/mol. The van der Waals surface area contributed by atoms with Gasteiger partial charge in [0.15, 0.2) is 0 Å². The van der Waals surface area contributed by atoms with E-state index in [0.717, 1.165) is 0 Å². The van der Waals surface area contributed by atoms with Crippen molar-refractivity contribution < 1.29 is 87.8 Å². The molecule has 0 saturated carbocycles. The largest absolute Gasteiger partial charge is 0.460 e. The average molecular weight is 754 g/mol. The van der Waals surface area contributed by atoms with Crippen molar-refractivity contribution in [3.63, 3.8) is 0 Å². The Hall–Kier alpha value is 0.0600. The molecule has 0 saturated heterocycles. The van der Waals surface area contributed by atoms with E-state index in [0.29, 0.717) is 0 Å². The zero-order valence-electron chi connectivity index (χ0n) is 13.3. The van der Waals surface area contributed by atoms with E-state index in [4.69, 9.17) is 0 Å². The maximum absolute atomic E-state index is 13.5. The molecule has 194 valence electrons. The Balaban J connectivity index is 7.00. The number of rotatable bonds is 8. The molecule has 32 heavy (non-hydrogen) atoms. The molecule has 0 radical (unpaired) electrons. The molecule has 0 aliphatic carbocycles. The SMILES string of the molecule is FC(F)(F)C(F)(F)C(F)(F)C(F)(F)C(F)(F)C(F)(F)C(F)(F)C(F)(F)C(F)(I)C(F)(F)I. The molecular formula is C10F20I2. The molecule has 0 aromatic rings. The molecule has 0 aliphatic heterocycles. The van der Waals surface area contributed by atoms with Crippen LogP contribution >= 0.6 is 45.2 Å². The molecule has 0 rings (SSSR count). The molecule has 0 spiro atoms. The number of halogens is 22. The molecule has 0 heterocycles.